The number of halogens is 2. The van der Waals surface area contributed by atoms with E-state index in [1.54, 1.807) is 6.92 Å². The van der Waals surface area contributed by atoms with Crippen LogP contribution in [-0.4, -0.2) is 25.8 Å². The predicted molar refractivity (Wildman–Crippen MR) is 63.1 cm³/mol. The molecule has 0 aliphatic rings. The quantitative estimate of drug-likeness (QED) is 0.908. The molecule has 0 fully saturated rings. The first kappa shape index (κ1) is 12.5. The Bertz CT molecular complexity index is 639. The number of carboxylic acids is 1. The van der Waals surface area contributed by atoms with E-state index in [9.17, 15) is 9.18 Å². The number of hydrogen-bond acceptors (Lipinski definition) is 3. The third-order valence-electron chi connectivity index (χ3n) is 2.52. The molecule has 0 aromatic carbocycles. The minimum absolute atomic E-state index is 0.00106. The highest BCUT2D eigenvalue weighted by Gasteiger charge is 2.21. The van der Waals surface area contributed by atoms with Crippen molar-refractivity contribution >= 4 is 17.6 Å². The maximum atomic E-state index is 13.7. The van der Waals surface area contributed by atoms with Crippen LogP contribution in [0.3, 0.4) is 0 Å². The van der Waals surface area contributed by atoms with E-state index in [1.807, 2.05) is 0 Å². The zero-order valence-electron chi connectivity index (χ0n) is 9.61. The summed E-state index contributed by atoms with van der Waals surface area (Å²) >= 11 is 5.61. The maximum absolute atomic E-state index is 13.7. The third kappa shape index (κ3) is 1.95. The summed E-state index contributed by atoms with van der Waals surface area (Å²) in [5.74, 6) is -1.76. The second kappa shape index (κ2) is 4.38. The fraction of sp³-hybridized carbons (Fsp3) is 0.182. The van der Waals surface area contributed by atoms with Gasteiger partial charge in [0.15, 0.2) is 5.82 Å². The summed E-state index contributed by atoms with van der Waals surface area (Å²) in [7, 11) is 1.48. The van der Waals surface area contributed by atoms with Gasteiger partial charge in [0.05, 0.1) is 5.02 Å². The Kier molecular flexibility index (Phi) is 3.04. The molecule has 0 spiro atoms. The van der Waals surface area contributed by atoms with Crippen LogP contribution in [0.4, 0.5) is 4.39 Å². The van der Waals surface area contributed by atoms with Gasteiger partial charge in [-0.15, -0.1) is 0 Å². The summed E-state index contributed by atoms with van der Waals surface area (Å²) in [6, 6.07) is 1.11. The van der Waals surface area contributed by atoms with Crippen molar-refractivity contribution < 1.29 is 14.3 Å². The second-order valence-corrected chi connectivity index (χ2v) is 4.17. The van der Waals surface area contributed by atoms with E-state index >= 15 is 0 Å². The van der Waals surface area contributed by atoms with Crippen LogP contribution in [0.5, 0.6) is 0 Å². The number of aromatic nitrogens is 3. The van der Waals surface area contributed by atoms with Gasteiger partial charge in [-0.3, -0.25) is 4.68 Å². The molecule has 0 bridgehead atoms. The standard InChI is InChI=1S/C11H9ClFN3O2/c1-5-8(15-16(2)10(5)11(17)18)9-7(13)3-6(12)4-14-9/h3-4H,1-2H3,(H,17,18). The molecule has 1 N–H and O–H groups in total. The lowest BCUT2D eigenvalue weighted by molar-refractivity contribution is 0.0684. The summed E-state index contributed by atoms with van der Waals surface area (Å²) in [6.07, 6.45) is 1.29. The molecule has 2 heterocycles. The molecule has 0 saturated heterocycles. The van der Waals surface area contributed by atoms with Crippen LogP contribution in [0.2, 0.25) is 5.02 Å². The summed E-state index contributed by atoms with van der Waals surface area (Å²) in [5.41, 5.74) is 0.545. The molecule has 0 aliphatic carbocycles. The number of pyridine rings is 1. The van der Waals surface area contributed by atoms with Gasteiger partial charge in [-0.2, -0.15) is 5.10 Å². The lowest BCUT2D eigenvalue weighted by Gasteiger charge is -2.00. The number of carbonyl (C=O) groups is 1. The first-order valence-electron chi connectivity index (χ1n) is 5.00. The van der Waals surface area contributed by atoms with Crippen LogP contribution in [0.25, 0.3) is 11.4 Å². The summed E-state index contributed by atoms with van der Waals surface area (Å²) in [6.45, 7) is 1.56. The number of rotatable bonds is 2. The molecule has 0 saturated carbocycles. The van der Waals surface area contributed by atoms with Crippen molar-refractivity contribution in [2.75, 3.05) is 0 Å². The van der Waals surface area contributed by atoms with Crippen molar-refractivity contribution in [3.8, 4) is 11.4 Å². The topological polar surface area (TPSA) is 68.0 Å². The number of carboxylic acid groups (broad SMARTS) is 1. The van der Waals surface area contributed by atoms with Gasteiger partial charge in [0.1, 0.15) is 17.1 Å². The van der Waals surface area contributed by atoms with E-state index in [-0.39, 0.29) is 22.1 Å². The van der Waals surface area contributed by atoms with Crippen molar-refractivity contribution in [2.45, 2.75) is 6.92 Å². The van der Waals surface area contributed by atoms with Gasteiger partial charge >= 0.3 is 5.97 Å². The highest BCUT2D eigenvalue weighted by molar-refractivity contribution is 6.30. The zero-order chi connectivity index (χ0) is 13.4. The number of aromatic carboxylic acids is 1. The molecular weight excluding hydrogens is 261 g/mol. The monoisotopic (exact) mass is 269 g/mol. The Morgan fingerprint density at radius 3 is 2.67 bits per heavy atom. The van der Waals surface area contributed by atoms with Gasteiger partial charge in [-0.1, -0.05) is 11.6 Å². The van der Waals surface area contributed by atoms with Gasteiger partial charge < -0.3 is 5.11 Å². The molecule has 94 valence electrons. The Hall–Kier alpha value is -1.95. The van der Waals surface area contributed by atoms with Crippen molar-refractivity contribution in [1.29, 1.82) is 0 Å². The highest BCUT2D eigenvalue weighted by atomic mass is 35.5. The largest absolute Gasteiger partial charge is 0.477 e. The molecule has 0 amide bonds. The predicted octanol–water partition coefficient (Wildman–Crippen LogP) is 2.28. The van der Waals surface area contributed by atoms with E-state index in [4.69, 9.17) is 16.7 Å². The molecule has 2 aromatic heterocycles. The molecule has 2 aromatic rings. The summed E-state index contributed by atoms with van der Waals surface area (Å²) < 4.78 is 14.9. The van der Waals surface area contributed by atoms with Crippen molar-refractivity contribution in [2.24, 2.45) is 7.05 Å². The zero-order valence-corrected chi connectivity index (χ0v) is 10.4. The third-order valence-corrected chi connectivity index (χ3v) is 2.73. The Balaban J connectivity index is 2.65. The van der Waals surface area contributed by atoms with Crippen LogP contribution in [0.15, 0.2) is 12.3 Å². The molecule has 0 aliphatic heterocycles. The van der Waals surface area contributed by atoms with E-state index in [1.165, 1.54) is 17.9 Å². The van der Waals surface area contributed by atoms with Gasteiger partial charge in [0.2, 0.25) is 0 Å². The smallest absolute Gasteiger partial charge is 0.354 e. The Morgan fingerprint density at radius 2 is 2.17 bits per heavy atom. The van der Waals surface area contributed by atoms with E-state index < -0.39 is 11.8 Å². The van der Waals surface area contributed by atoms with Gasteiger partial charge in [-0.05, 0) is 13.0 Å². The van der Waals surface area contributed by atoms with Gasteiger partial charge in [0.25, 0.3) is 0 Å². The van der Waals surface area contributed by atoms with Crippen LogP contribution in [0, 0.1) is 12.7 Å². The first-order chi connectivity index (χ1) is 8.41. The minimum Gasteiger partial charge on any atom is -0.477 e. The van der Waals surface area contributed by atoms with Crippen LogP contribution in [0.1, 0.15) is 16.1 Å². The van der Waals surface area contributed by atoms with Crippen LogP contribution in [-0.2, 0) is 7.05 Å². The number of aryl methyl sites for hydroxylation is 1. The van der Waals surface area contributed by atoms with Crippen molar-refractivity contribution in [3.05, 3.63) is 34.4 Å². The minimum atomic E-state index is -1.12. The van der Waals surface area contributed by atoms with E-state index in [0.29, 0.717) is 5.56 Å². The Labute approximate surface area is 107 Å². The lowest BCUT2D eigenvalue weighted by Crippen LogP contribution is -2.06. The van der Waals surface area contributed by atoms with Crippen LogP contribution >= 0.6 is 11.6 Å². The normalized spacial score (nSPS) is 10.7. The second-order valence-electron chi connectivity index (χ2n) is 3.73. The molecule has 0 radical (unpaired) electrons. The average molecular weight is 270 g/mol. The molecule has 7 heteroatoms. The number of hydrogen-bond donors (Lipinski definition) is 1. The average Bonchev–Trinajstić information content (AvgIpc) is 2.54. The Morgan fingerprint density at radius 1 is 1.50 bits per heavy atom. The van der Waals surface area contributed by atoms with Crippen LogP contribution < -0.4 is 0 Å². The molecule has 18 heavy (non-hydrogen) atoms. The highest BCUT2D eigenvalue weighted by Crippen LogP contribution is 2.26. The van der Waals surface area contributed by atoms with E-state index in [2.05, 4.69) is 10.1 Å². The summed E-state index contributed by atoms with van der Waals surface area (Å²) in [5, 5.41) is 13.2. The molecule has 0 atom stereocenters. The first-order valence-corrected chi connectivity index (χ1v) is 5.38. The van der Waals surface area contributed by atoms with Crippen molar-refractivity contribution in [3.63, 3.8) is 0 Å². The van der Waals surface area contributed by atoms with Gasteiger partial charge in [0, 0.05) is 18.8 Å². The summed E-state index contributed by atoms with van der Waals surface area (Å²) in [4.78, 5) is 14.9. The number of nitrogens with zero attached hydrogens (tertiary/aromatic N) is 3. The fourth-order valence-corrected chi connectivity index (χ4v) is 1.89. The molecular formula is C11H9ClFN3O2. The maximum Gasteiger partial charge on any atom is 0.354 e. The van der Waals surface area contributed by atoms with E-state index in [0.717, 1.165) is 6.07 Å². The molecule has 2 rings (SSSR count). The fourth-order valence-electron chi connectivity index (χ4n) is 1.74. The lowest BCUT2D eigenvalue weighted by atomic mass is 10.1. The molecule has 0 unspecified atom stereocenters. The van der Waals surface area contributed by atoms with Crippen molar-refractivity contribution in [1.82, 2.24) is 14.8 Å². The SMILES string of the molecule is Cc1c(-c2ncc(Cl)cc2F)nn(C)c1C(=O)O. The molecule has 5 nitrogen and oxygen atoms in total. The van der Waals surface area contributed by atoms with Gasteiger partial charge in [-0.25, -0.2) is 14.2 Å².